The van der Waals surface area contributed by atoms with Crippen LogP contribution in [0, 0.1) is 5.41 Å². The van der Waals surface area contributed by atoms with Crippen molar-refractivity contribution in [2.75, 3.05) is 0 Å². The summed E-state index contributed by atoms with van der Waals surface area (Å²) in [6, 6.07) is 0. The van der Waals surface area contributed by atoms with Crippen LogP contribution < -0.4 is 0 Å². The van der Waals surface area contributed by atoms with Crippen molar-refractivity contribution in [3.8, 4) is 0 Å². The van der Waals surface area contributed by atoms with E-state index in [1.165, 1.54) is 0 Å². The Hall–Kier alpha value is -1.06. The molecule has 0 atom stereocenters. The van der Waals surface area contributed by atoms with Gasteiger partial charge in [-0.05, 0) is 27.2 Å². The largest absolute Gasteiger partial charge is 0.360 e. The standard InChI is InChI=1S/C9H16O4/c1-5-6-7(10)12-13-8(11)9(2,3)4/h5-6H2,1-4H3. The van der Waals surface area contributed by atoms with Crippen LogP contribution in [0.3, 0.4) is 0 Å². The number of hydrogen-bond donors (Lipinski definition) is 0. The molecule has 0 heterocycles. The van der Waals surface area contributed by atoms with Gasteiger partial charge in [0.15, 0.2) is 0 Å². The Morgan fingerprint density at radius 1 is 1.15 bits per heavy atom. The molecule has 0 aliphatic heterocycles. The molecule has 4 nitrogen and oxygen atoms in total. The maximum atomic E-state index is 11.1. The lowest BCUT2D eigenvalue weighted by Gasteiger charge is -2.13. The molecule has 0 aromatic carbocycles. The number of carbonyl (C=O) groups excluding carboxylic acids is 2. The van der Waals surface area contributed by atoms with E-state index in [1.807, 2.05) is 6.92 Å². The van der Waals surface area contributed by atoms with E-state index in [9.17, 15) is 9.59 Å². The van der Waals surface area contributed by atoms with Crippen LogP contribution in [0.2, 0.25) is 0 Å². The second kappa shape index (κ2) is 4.84. The van der Waals surface area contributed by atoms with Gasteiger partial charge in [-0.25, -0.2) is 19.4 Å². The smallest absolute Gasteiger partial charge is 0.247 e. The van der Waals surface area contributed by atoms with Crippen molar-refractivity contribution in [1.29, 1.82) is 0 Å². The average Bonchev–Trinajstić information content (AvgIpc) is 1.99. The molecule has 0 amide bonds. The maximum Gasteiger partial charge on any atom is 0.360 e. The van der Waals surface area contributed by atoms with Gasteiger partial charge in [0.05, 0.1) is 5.41 Å². The summed E-state index contributed by atoms with van der Waals surface area (Å²) in [4.78, 5) is 30.5. The summed E-state index contributed by atoms with van der Waals surface area (Å²) in [5.74, 6) is -1.06. The molecule has 0 aliphatic rings. The second-order valence-electron chi connectivity index (χ2n) is 3.83. The van der Waals surface area contributed by atoms with Crippen molar-refractivity contribution < 1.29 is 19.4 Å². The van der Waals surface area contributed by atoms with E-state index in [2.05, 4.69) is 9.78 Å². The van der Waals surface area contributed by atoms with Gasteiger partial charge in [0.2, 0.25) is 0 Å². The molecule has 13 heavy (non-hydrogen) atoms. The zero-order chi connectivity index (χ0) is 10.5. The van der Waals surface area contributed by atoms with E-state index in [-0.39, 0.29) is 6.42 Å². The molecule has 0 rings (SSSR count). The highest BCUT2D eigenvalue weighted by Gasteiger charge is 2.25. The van der Waals surface area contributed by atoms with E-state index in [0.717, 1.165) is 0 Å². The van der Waals surface area contributed by atoms with Crippen molar-refractivity contribution in [2.45, 2.75) is 40.5 Å². The van der Waals surface area contributed by atoms with Gasteiger partial charge in [0, 0.05) is 6.42 Å². The SMILES string of the molecule is CCCC(=O)OOC(=O)C(C)(C)C. The second-order valence-corrected chi connectivity index (χ2v) is 3.83. The van der Waals surface area contributed by atoms with Crippen LogP contribution in [0.5, 0.6) is 0 Å². The van der Waals surface area contributed by atoms with Gasteiger partial charge < -0.3 is 0 Å². The predicted molar refractivity (Wildman–Crippen MR) is 46.5 cm³/mol. The summed E-state index contributed by atoms with van der Waals surface area (Å²) in [6.45, 7) is 6.89. The highest BCUT2D eigenvalue weighted by molar-refractivity contribution is 5.76. The molecular formula is C9H16O4. The Morgan fingerprint density at radius 3 is 2.08 bits per heavy atom. The first kappa shape index (κ1) is 11.9. The Balaban J connectivity index is 3.77. The zero-order valence-corrected chi connectivity index (χ0v) is 8.55. The Morgan fingerprint density at radius 2 is 1.69 bits per heavy atom. The van der Waals surface area contributed by atoms with Crippen molar-refractivity contribution >= 4 is 11.9 Å². The molecule has 0 unspecified atom stereocenters. The predicted octanol–water partition coefficient (Wildman–Crippen LogP) is 1.83. The minimum atomic E-state index is -0.646. The van der Waals surface area contributed by atoms with Crippen LogP contribution in [0.4, 0.5) is 0 Å². The normalized spacial score (nSPS) is 10.8. The van der Waals surface area contributed by atoms with Gasteiger partial charge in [0.25, 0.3) is 0 Å². The van der Waals surface area contributed by atoms with Crippen molar-refractivity contribution in [3.05, 3.63) is 0 Å². The van der Waals surface area contributed by atoms with E-state index >= 15 is 0 Å². The minimum absolute atomic E-state index is 0.261. The Kier molecular flexibility index (Phi) is 4.45. The van der Waals surface area contributed by atoms with E-state index in [1.54, 1.807) is 20.8 Å². The van der Waals surface area contributed by atoms with Gasteiger partial charge in [-0.3, -0.25) is 0 Å². The first-order valence-electron chi connectivity index (χ1n) is 4.29. The van der Waals surface area contributed by atoms with E-state index < -0.39 is 17.4 Å². The summed E-state index contributed by atoms with van der Waals surface area (Å²) in [5.41, 5.74) is -0.646. The summed E-state index contributed by atoms with van der Waals surface area (Å²) in [5, 5.41) is 0. The third kappa shape index (κ3) is 5.22. The summed E-state index contributed by atoms with van der Waals surface area (Å²) >= 11 is 0. The molecule has 0 bridgehead atoms. The Labute approximate surface area is 78.1 Å². The quantitative estimate of drug-likeness (QED) is 0.490. The fraction of sp³-hybridized carbons (Fsp3) is 0.778. The fourth-order valence-electron chi connectivity index (χ4n) is 0.455. The van der Waals surface area contributed by atoms with Gasteiger partial charge in [0.1, 0.15) is 0 Å². The molecule has 0 aliphatic carbocycles. The average molecular weight is 188 g/mol. The Bertz CT molecular complexity index is 190. The summed E-state index contributed by atoms with van der Waals surface area (Å²) in [7, 11) is 0. The molecule has 0 saturated carbocycles. The lowest BCUT2D eigenvalue weighted by atomic mass is 9.98. The topological polar surface area (TPSA) is 52.6 Å². The van der Waals surface area contributed by atoms with Gasteiger partial charge >= 0.3 is 11.9 Å². The first-order valence-corrected chi connectivity index (χ1v) is 4.29. The molecule has 0 fully saturated rings. The molecule has 0 radical (unpaired) electrons. The molecule has 0 aromatic rings. The molecule has 0 aromatic heterocycles. The highest BCUT2D eigenvalue weighted by Crippen LogP contribution is 2.15. The molecule has 0 saturated heterocycles. The fourth-order valence-corrected chi connectivity index (χ4v) is 0.455. The van der Waals surface area contributed by atoms with Crippen molar-refractivity contribution in [2.24, 2.45) is 5.41 Å². The van der Waals surface area contributed by atoms with Crippen LogP contribution in [-0.4, -0.2) is 11.9 Å². The van der Waals surface area contributed by atoms with E-state index in [0.29, 0.717) is 6.42 Å². The van der Waals surface area contributed by atoms with Crippen molar-refractivity contribution in [3.63, 3.8) is 0 Å². The zero-order valence-electron chi connectivity index (χ0n) is 8.55. The third-order valence-corrected chi connectivity index (χ3v) is 1.28. The number of hydrogen-bond acceptors (Lipinski definition) is 4. The minimum Gasteiger partial charge on any atom is -0.247 e. The molecule has 0 spiro atoms. The lowest BCUT2D eigenvalue weighted by molar-refractivity contribution is -0.265. The molecule has 4 heteroatoms. The lowest BCUT2D eigenvalue weighted by Crippen LogP contribution is -2.24. The number of carbonyl (C=O) groups is 2. The van der Waals surface area contributed by atoms with E-state index in [4.69, 9.17) is 0 Å². The third-order valence-electron chi connectivity index (χ3n) is 1.28. The van der Waals surface area contributed by atoms with Crippen LogP contribution in [0.25, 0.3) is 0 Å². The monoisotopic (exact) mass is 188 g/mol. The van der Waals surface area contributed by atoms with Gasteiger partial charge in [-0.1, -0.05) is 6.92 Å². The summed E-state index contributed by atoms with van der Waals surface area (Å²) in [6.07, 6.45) is 0.934. The maximum absolute atomic E-state index is 11.1. The highest BCUT2D eigenvalue weighted by atomic mass is 17.2. The van der Waals surface area contributed by atoms with Crippen LogP contribution in [0.1, 0.15) is 40.5 Å². The first-order chi connectivity index (χ1) is 5.88. The van der Waals surface area contributed by atoms with Crippen LogP contribution in [0.15, 0.2) is 0 Å². The van der Waals surface area contributed by atoms with Crippen LogP contribution in [-0.2, 0) is 19.4 Å². The number of rotatable bonds is 2. The molecule has 0 N–H and O–H groups in total. The summed E-state index contributed by atoms with van der Waals surface area (Å²) < 4.78 is 0. The van der Waals surface area contributed by atoms with Crippen molar-refractivity contribution in [1.82, 2.24) is 0 Å². The molecule has 76 valence electrons. The van der Waals surface area contributed by atoms with Gasteiger partial charge in [-0.2, -0.15) is 0 Å². The van der Waals surface area contributed by atoms with Crippen LogP contribution >= 0.6 is 0 Å². The molecular weight excluding hydrogens is 172 g/mol. The van der Waals surface area contributed by atoms with Gasteiger partial charge in [-0.15, -0.1) is 0 Å².